The first-order chi connectivity index (χ1) is 5.41. The fourth-order valence-electron chi connectivity index (χ4n) is 0.735. The Balaban J connectivity index is 4.30. The fraction of sp³-hybridized carbons (Fsp3) is 0.833. The zero-order valence-electron chi connectivity index (χ0n) is 7.00. The SMILES string of the molecule is CCC(CC(=O)OC)S(=N)(=O)Cl. The molecule has 0 saturated heterocycles. The van der Waals surface area contributed by atoms with Crippen LogP contribution in [0.15, 0.2) is 0 Å². The highest BCUT2D eigenvalue weighted by Crippen LogP contribution is 2.16. The first-order valence-electron chi connectivity index (χ1n) is 3.45. The molecule has 0 saturated carbocycles. The third kappa shape index (κ3) is 3.92. The molecule has 0 aliphatic rings. The number of ether oxygens (including phenoxy) is 1. The number of esters is 1. The number of halogens is 1. The monoisotopic (exact) mass is 213 g/mol. The Morgan fingerprint density at radius 3 is 2.50 bits per heavy atom. The lowest BCUT2D eigenvalue weighted by Gasteiger charge is -2.10. The molecule has 2 unspecified atom stereocenters. The van der Waals surface area contributed by atoms with Crippen molar-refractivity contribution in [2.24, 2.45) is 0 Å². The average Bonchev–Trinajstić information content (AvgIpc) is 1.97. The molecule has 1 N–H and O–H groups in total. The van der Waals surface area contributed by atoms with Gasteiger partial charge in [0.2, 0.25) is 0 Å². The Labute approximate surface area is 76.7 Å². The highest BCUT2D eigenvalue weighted by molar-refractivity contribution is 8.15. The molecule has 0 fully saturated rings. The maximum Gasteiger partial charge on any atom is 0.306 e. The molecule has 0 spiro atoms. The Morgan fingerprint density at radius 1 is 1.75 bits per heavy atom. The van der Waals surface area contributed by atoms with Crippen molar-refractivity contribution < 1.29 is 13.7 Å². The lowest BCUT2D eigenvalue weighted by molar-refractivity contribution is -0.140. The van der Waals surface area contributed by atoms with Crippen molar-refractivity contribution in [3.63, 3.8) is 0 Å². The number of hydrogen-bond donors (Lipinski definition) is 1. The summed E-state index contributed by atoms with van der Waals surface area (Å²) in [5.74, 6) is -0.484. The van der Waals surface area contributed by atoms with E-state index in [1.165, 1.54) is 7.11 Å². The Bertz CT molecular complexity index is 250. The van der Waals surface area contributed by atoms with Gasteiger partial charge in [0.15, 0.2) is 0 Å². The number of hydrogen-bond acceptors (Lipinski definition) is 4. The summed E-state index contributed by atoms with van der Waals surface area (Å²) in [7, 11) is 3.38. The van der Waals surface area contributed by atoms with Crippen LogP contribution in [0.1, 0.15) is 19.8 Å². The van der Waals surface area contributed by atoms with Crippen molar-refractivity contribution >= 4 is 25.6 Å². The predicted octanol–water partition coefficient (Wildman–Crippen LogP) is 1.53. The molecule has 0 aromatic heterocycles. The van der Waals surface area contributed by atoms with Gasteiger partial charge in [0.25, 0.3) is 0 Å². The van der Waals surface area contributed by atoms with Crippen LogP contribution in [-0.2, 0) is 18.5 Å². The molecular formula is C6H12ClNO3S. The number of methoxy groups -OCH3 is 1. The molecule has 0 aliphatic carbocycles. The molecule has 0 rings (SSSR count). The van der Waals surface area contributed by atoms with Gasteiger partial charge >= 0.3 is 5.97 Å². The number of nitrogens with one attached hydrogen (secondary N) is 1. The Hall–Kier alpha value is -0.290. The molecule has 4 nitrogen and oxygen atoms in total. The van der Waals surface area contributed by atoms with Gasteiger partial charge in [-0.1, -0.05) is 6.92 Å². The molecule has 0 heterocycles. The molecule has 0 amide bonds. The van der Waals surface area contributed by atoms with E-state index in [1.54, 1.807) is 6.92 Å². The summed E-state index contributed by atoms with van der Waals surface area (Å²) in [5.41, 5.74) is 0. The minimum absolute atomic E-state index is 0.0567. The molecular weight excluding hydrogens is 202 g/mol. The number of carbonyl (C=O) groups excluding carboxylic acids is 1. The summed E-state index contributed by atoms with van der Waals surface area (Å²) in [4.78, 5) is 10.7. The van der Waals surface area contributed by atoms with E-state index in [2.05, 4.69) is 4.74 Å². The van der Waals surface area contributed by atoms with Gasteiger partial charge in [-0.15, -0.1) is 0 Å². The minimum Gasteiger partial charge on any atom is -0.469 e. The van der Waals surface area contributed by atoms with Gasteiger partial charge in [0.05, 0.1) is 18.8 Å². The van der Waals surface area contributed by atoms with E-state index in [4.69, 9.17) is 15.5 Å². The average molecular weight is 214 g/mol. The minimum atomic E-state index is -3.15. The molecule has 2 atom stereocenters. The second-order valence-electron chi connectivity index (χ2n) is 2.34. The van der Waals surface area contributed by atoms with Crippen LogP contribution in [0.25, 0.3) is 0 Å². The van der Waals surface area contributed by atoms with Crippen LogP contribution in [-0.4, -0.2) is 22.5 Å². The molecule has 0 bridgehead atoms. The highest BCUT2D eigenvalue weighted by Gasteiger charge is 2.21. The lowest BCUT2D eigenvalue weighted by atomic mass is 10.2. The highest BCUT2D eigenvalue weighted by atomic mass is 35.7. The molecule has 72 valence electrons. The standard InChI is InChI=1S/C6H12ClNO3S/c1-3-5(12(7,8)10)4-6(9)11-2/h5,8H,3-4H2,1-2H3. The second kappa shape index (κ2) is 4.67. The topological polar surface area (TPSA) is 67.2 Å². The number of rotatable bonds is 4. The van der Waals surface area contributed by atoms with Crippen LogP contribution in [0.5, 0.6) is 0 Å². The van der Waals surface area contributed by atoms with Crippen LogP contribution in [0.3, 0.4) is 0 Å². The van der Waals surface area contributed by atoms with Gasteiger partial charge in [-0.2, -0.15) is 0 Å². The van der Waals surface area contributed by atoms with Crippen molar-refractivity contribution in [1.29, 1.82) is 4.78 Å². The van der Waals surface area contributed by atoms with E-state index in [0.717, 1.165) is 0 Å². The van der Waals surface area contributed by atoms with Gasteiger partial charge in [-0.25, -0.2) is 8.99 Å². The van der Waals surface area contributed by atoms with Crippen molar-refractivity contribution in [2.75, 3.05) is 7.11 Å². The van der Waals surface area contributed by atoms with Gasteiger partial charge in [-0.3, -0.25) is 4.79 Å². The van der Waals surface area contributed by atoms with Crippen molar-refractivity contribution in [2.45, 2.75) is 25.0 Å². The first kappa shape index (κ1) is 11.7. The van der Waals surface area contributed by atoms with Gasteiger partial charge in [0.1, 0.15) is 8.94 Å². The molecule has 0 aromatic rings. The summed E-state index contributed by atoms with van der Waals surface area (Å²) >= 11 is 0. The lowest BCUT2D eigenvalue weighted by Crippen LogP contribution is -2.19. The quantitative estimate of drug-likeness (QED) is 0.569. The van der Waals surface area contributed by atoms with E-state index in [-0.39, 0.29) is 6.42 Å². The molecule has 0 radical (unpaired) electrons. The fourth-order valence-corrected chi connectivity index (χ4v) is 2.08. The van der Waals surface area contributed by atoms with Gasteiger partial charge in [0, 0.05) is 0 Å². The second-order valence-corrected chi connectivity index (χ2v) is 5.43. The summed E-state index contributed by atoms with van der Waals surface area (Å²) in [6.45, 7) is 1.73. The number of carbonyl (C=O) groups is 1. The smallest absolute Gasteiger partial charge is 0.306 e. The van der Waals surface area contributed by atoms with Crippen LogP contribution < -0.4 is 0 Å². The Morgan fingerprint density at radius 2 is 2.25 bits per heavy atom. The largest absolute Gasteiger partial charge is 0.469 e. The molecule has 0 aliphatic heterocycles. The van der Waals surface area contributed by atoms with Crippen LogP contribution in [0.4, 0.5) is 0 Å². The normalized spacial score (nSPS) is 17.9. The third-order valence-electron chi connectivity index (χ3n) is 1.51. The van der Waals surface area contributed by atoms with Crippen molar-refractivity contribution in [3.05, 3.63) is 0 Å². The van der Waals surface area contributed by atoms with Crippen molar-refractivity contribution in [3.8, 4) is 0 Å². The summed E-state index contributed by atoms with van der Waals surface area (Å²) in [6.07, 6.45) is 0.375. The van der Waals surface area contributed by atoms with Crippen LogP contribution in [0.2, 0.25) is 0 Å². The van der Waals surface area contributed by atoms with E-state index in [0.29, 0.717) is 6.42 Å². The summed E-state index contributed by atoms with van der Waals surface area (Å²) in [6, 6.07) is 0. The molecule has 6 heteroatoms. The Kier molecular flexibility index (Phi) is 4.55. The third-order valence-corrected chi connectivity index (χ3v) is 3.62. The zero-order valence-corrected chi connectivity index (χ0v) is 8.57. The first-order valence-corrected chi connectivity index (χ1v) is 5.90. The maximum atomic E-state index is 11.0. The van der Waals surface area contributed by atoms with Crippen LogP contribution in [0, 0.1) is 4.78 Å². The van der Waals surface area contributed by atoms with E-state index >= 15 is 0 Å². The van der Waals surface area contributed by atoms with E-state index in [9.17, 15) is 9.00 Å². The van der Waals surface area contributed by atoms with Gasteiger partial charge < -0.3 is 4.74 Å². The van der Waals surface area contributed by atoms with Crippen molar-refractivity contribution in [1.82, 2.24) is 0 Å². The molecule has 0 aromatic carbocycles. The molecule has 12 heavy (non-hydrogen) atoms. The zero-order chi connectivity index (χ0) is 9.78. The summed E-state index contributed by atoms with van der Waals surface area (Å²) < 4.78 is 22.4. The summed E-state index contributed by atoms with van der Waals surface area (Å²) in [5, 5.41) is -0.619. The van der Waals surface area contributed by atoms with E-state index < -0.39 is 20.2 Å². The van der Waals surface area contributed by atoms with Crippen LogP contribution >= 0.6 is 10.7 Å². The predicted molar refractivity (Wildman–Crippen MR) is 47.4 cm³/mol. The van der Waals surface area contributed by atoms with E-state index in [1.807, 2.05) is 0 Å². The van der Waals surface area contributed by atoms with Gasteiger partial charge in [-0.05, 0) is 17.1 Å². The maximum absolute atomic E-state index is 11.0.